The Labute approximate surface area is 307 Å². The molecule has 19 heteroatoms. The maximum Gasteiger partial charge on any atom is 0.416 e. The third-order valence-corrected chi connectivity index (χ3v) is 10.9. The number of fused-ring (bicyclic) bond motifs is 4. The van der Waals surface area contributed by atoms with Crippen LogP contribution in [0.2, 0.25) is 0 Å². The van der Waals surface area contributed by atoms with Crippen molar-refractivity contribution in [2.75, 3.05) is 9.80 Å². The fraction of sp³-hybridized carbons (Fsp3) is 0.351. The molecular weight excluding hydrogens is 780 g/mol. The lowest BCUT2D eigenvalue weighted by Crippen LogP contribution is -2.43. The van der Waals surface area contributed by atoms with Crippen molar-refractivity contribution in [1.82, 2.24) is 0 Å². The first kappa shape index (κ1) is 38.9. The molecule has 4 aliphatic rings. The number of imide groups is 2. The summed E-state index contributed by atoms with van der Waals surface area (Å²) < 4.78 is 165. The van der Waals surface area contributed by atoms with E-state index in [1.165, 1.54) is 31.2 Å². The van der Waals surface area contributed by atoms with E-state index in [0.29, 0.717) is 0 Å². The zero-order valence-corrected chi connectivity index (χ0v) is 28.2. The van der Waals surface area contributed by atoms with Crippen molar-refractivity contribution in [3.63, 3.8) is 0 Å². The lowest BCUT2D eigenvalue weighted by molar-refractivity contribution is -0.144. The molecule has 7 nitrogen and oxygen atoms in total. The number of phenolic OH excluding ortho intramolecular Hbond substituents is 1. The molecule has 0 aromatic heterocycles. The van der Waals surface area contributed by atoms with Crippen molar-refractivity contribution in [3.8, 4) is 5.75 Å². The van der Waals surface area contributed by atoms with Gasteiger partial charge in [-0.1, -0.05) is 23.8 Å². The van der Waals surface area contributed by atoms with Crippen molar-refractivity contribution in [3.05, 3.63) is 99.6 Å². The third-order valence-electron chi connectivity index (χ3n) is 10.9. The molecule has 0 spiro atoms. The monoisotopic (exact) mass is 804 g/mol. The number of nitrogens with zero attached hydrogens (tertiary/aromatic N) is 2. The van der Waals surface area contributed by atoms with Crippen LogP contribution in [0.5, 0.6) is 5.75 Å². The van der Waals surface area contributed by atoms with Crippen LogP contribution in [0.25, 0.3) is 0 Å². The maximum absolute atomic E-state index is 14.2. The number of alkyl halides is 12. The van der Waals surface area contributed by atoms with Gasteiger partial charge in [-0.2, -0.15) is 52.7 Å². The molecule has 2 aliphatic heterocycles. The van der Waals surface area contributed by atoms with E-state index in [0.717, 1.165) is 0 Å². The number of amides is 4. The molecule has 7 rings (SSSR count). The largest absolute Gasteiger partial charge is 0.508 e. The average molecular weight is 805 g/mol. The minimum Gasteiger partial charge on any atom is -0.508 e. The molecule has 1 N–H and O–H groups in total. The molecule has 296 valence electrons. The third kappa shape index (κ3) is 6.27. The highest BCUT2D eigenvalue weighted by Gasteiger charge is 2.62. The Morgan fingerprint density at radius 3 is 1.41 bits per heavy atom. The highest BCUT2D eigenvalue weighted by Crippen LogP contribution is 2.59. The van der Waals surface area contributed by atoms with Crippen molar-refractivity contribution in [2.24, 2.45) is 29.6 Å². The Kier molecular flexibility index (Phi) is 8.73. The number of anilines is 2. The van der Waals surface area contributed by atoms with Gasteiger partial charge >= 0.3 is 24.7 Å². The zero-order valence-electron chi connectivity index (χ0n) is 28.2. The van der Waals surface area contributed by atoms with Crippen LogP contribution in [-0.4, -0.2) is 28.7 Å². The molecule has 4 amide bonds. The highest BCUT2D eigenvalue weighted by molar-refractivity contribution is 6.24. The van der Waals surface area contributed by atoms with E-state index >= 15 is 0 Å². The molecule has 56 heavy (non-hydrogen) atoms. The number of phenols is 1. The molecule has 3 fully saturated rings. The second-order valence-electron chi connectivity index (χ2n) is 14.1. The number of rotatable bonds is 3. The predicted molar refractivity (Wildman–Crippen MR) is 168 cm³/mol. The summed E-state index contributed by atoms with van der Waals surface area (Å²) in [6, 6.07) is 4.37. The number of hydrogen-bond donors (Lipinski definition) is 1. The normalized spacial score (nSPS) is 25.7. The SMILES string of the molecule is Cc1cc([C@H]2C3=CC[C@@H]4C(=O)N(c5cc(C(F)(F)F)cc(C(F)(F)F)c5)C(=O)[C@@H]4[C@@H]3C[C@H]3C(=O)N(c4cc(C(F)(F)F)cc(C(F)(F)F)c4)C(=O)[C@@H]23)ccc1O. The summed E-state index contributed by atoms with van der Waals surface area (Å²) in [5.41, 5.74) is -8.65. The summed E-state index contributed by atoms with van der Waals surface area (Å²) in [6.45, 7) is 1.46. The number of carbonyl (C=O) groups excluding carboxylic acids is 4. The average Bonchev–Trinajstić information content (AvgIpc) is 3.50. The van der Waals surface area contributed by atoms with Crippen molar-refractivity contribution in [2.45, 2.75) is 50.4 Å². The standard InChI is InChI=1S/C37H24F12N2O5/c1-14-6-15(2-5-26(14)52)27-22-3-4-23-28(32(55)50(30(23)53)20-9-16(34(38,39)40)7-17(10-20)35(41,42)43)24(22)13-25-29(27)33(56)51(31(25)54)21-11-18(36(44,45)46)8-19(12-21)37(47,48)49/h2-3,5-12,23-25,27-29,52H,4,13H2,1H3/t23-,24+,25+,27-,28-,29+/m0/s1. The fourth-order valence-corrected chi connectivity index (χ4v) is 8.48. The van der Waals surface area contributed by atoms with Gasteiger partial charge in [0.15, 0.2) is 0 Å². The second-order valence-corrected chi connectivity index (χ2v) is 14.1. The van der Waals surface area contributed by atoms with E-state index < -0.39 is 124 Å². The number of aryl methyl sites for hydroxylation is 1. The van der Waals surface area contributed by atoms with Gasteiger partial charge in [0, 0.05) is 5.92 Å². The van der Waals surface area contributed by atoms with Crippen LogP contribution in [0, 0.1) is 36.5 Å². The molecule has 0 unspecified atom stereocenters. The van der Waals surface area contributed by atoms with E-state index in [1.54, 1.807) is 0 Å². The summed E-state index contributed by atoms with van der Waals surface area (Å²) >= 11 is 0. The van der Waals surface area contributed by atoms with Crippen LogP contribution >= 0.6 is 0 Å². The molecule has 2 saturated heterocycles. The predicted octanol–water partition coefficient (Wildman–Crippen LogP) is 8.82. The van der Waals surface area contributed by atoms with E-state index in [1.807, 2.05) is 0 Å². The van der Waals surface area contributed by atoms with Crippen LogP contribution in [-0.2, 0) is 43.9 Å². The van der Waals surface area contributed by atoms with E-state index in [-0.39, 0.29) is 75.1 Å². The van der Waals surface area contributed by atoms with Gasteiger partial charge < -0.3 is 5.11 Å². The van der Waals surface area contributed by atoms with Gasteiger partial charge in [-0.15, -0.1) is 0 Å². The van der Waals surface area contributed by atoms with Gasteiger partial charge in [0.2, 0.25) is 23.6 Å². The number of halogens is 12. The molecular formula is C37H24F12N2O5. The topological polar surface area (TPSA) is 95.0 Å². The first-order chi connectivity index (χ1) is 25.8. The molecule has 3 aromatic rings. The van der Waals surface area contributed by atoms with Gasteiger partial charge in [0.05, 0.1) is 57.3 Å². The molecule has 3 aromatic carbocycles. The zero-order chi connectivity index (χ0) is 41.2. The van der Waals surface area contributed by atoms with Crippen LogP contribution in [0.15, 0.2) is 66.2 Å². The number of benzene rings is 3. The molecule has 2 heterocycles. The van der Waals surface area contributed by atoms with E-state index in [9.17, 15) is 77.0 Å². The number of carbonyl (C=O) groups is 4. The Morgan fingerprint density at radius 1 is 0.554 bits per heavy atom. The fourth-order valence-electron chi connectivity index (χ4n) is 8.48. The lowest BCUT2D eigenvalue weighted by atomic mass is 9.57. The second kappa shape index (κ2) is 12.6. The minimum atomic E-state index is -5.35. The maximum atomic E-state index is 14.2. The molecule has 2 aliphatic carbocycles. The van der Waals surface area contributed by atoms with Crippen LogP contribution < -0.4 is 9.80 Å². The van der Waals surface area contributed by atoms with Crippen molar-refractivity contribution < 1.29 is 77.0 Å². The van der Waals surface area contributed by atoms with E-state index in [4.69, 9.17) is 0 Å². The van der Waals surface area contributed by atoms with E-state index in [2.05, 4.69) is 0 Å². The van der Waals surface area contributed by atoms with Crippen molar-refractivity contribution in [1.29, 1.82) is 0 Å². The van der Waals surface area contributed by atoms with Gasteiger partial charge in [-0.3, -0.25) is 19.2 Å². The summed E-state index contributed by atoms with van der Waals surface area (Å²) in [6.07, 6.45) is -20.8. The van der Waals surface area contributed by atoms with Gasteiger partial charge in [0.1, 0.15) is 5.75 Å². The van der Waals surface area contributed by atoms with Crippen LogP contribution in [0.3, 0.4) is 0 Å². The number of hydrogen-bond acceptors (Lipinski definition) is 5. The smallest absolute Gasteiger partial charge is 0.416 e. The highest BCUT2D eigenvalue weighted by atomic mass is 19.4. The summed E-state index contributed by atoms with van der Waals surface area (Å²) in [5, 5.41) is 10.2. The first-order valence-corrected chi connectivity index (χ1v) is 16.6. The van der Waals surface area contributed by atoms with Gasteiger partial charge in [0.25, 0.3) is 0 Å². The number of allylic oxidation sites excluding steroid dienone is 2. The minimum absolute atomic E-state index is 0.191. The van der Waals surface area contributed by atoms with Gasteiger partial charge in [-0.25, -0.2) is 9.80 Å². The Balaban J connectivity index is 1.35. The van der Waals surface area contributed by atoms with Crippen molar-refractivity contribution >= 4 is 35.0 Å². The first-order valence-electron chi connectivity index (χ1n) is 16.6. The molecule has 6 atom stereocenters. The molecule has 1 saturated carbocycles. The Morgan fingerprint density at radius 2 is 0.982 bits per heavy atom. The molecule has 0 bridgehead atoms. The Bertz CT molecular complexity index is 2180. The number of aromatic hydroxyl groups is 1. The summed E-state index contributed by atoms with van der Waals surface area (Å²) in [7, 11) is 0. The lowest BCUT2D eigenvalue weighted by Gasteiger charge is -2.44. The van der Waals surface area contributed by atoms with Gasteiger partial charge in [-0.05, 0) is 79.3 Å². The van der Waals surface area contributed by atoms with Crippen LogP contribution in [0.4, 0.5) is 64.1 Å². The molecule has 0 radical (unpaired) electrons. The summed E-state index contributed by atoms with van der Waals surface area (Å²) in [4.78, 5) is 56.7. The Hall–Kier alpha value is -5.36. The van der Waals surface area contributed by atoms with Crippen LogP contribution in [0.1, 0.15) is 52.1 Å². The summed E-state index contributed by atoms with van der Waals surface area (Å²) in [5.74, 6) is -13.4. The quantitative estimate of drug-likeness (QED) is 0.162.